The van der Waals surface area contributed by atoms with E-state index in [2.05, 4.69) is 6.58 Å². The molecule has 0 radical (unpaired) electrons. The number of carbonyl (C=O) groups is 2. The lowest BCUT2D eigenvalue weighted by molar-refractivity contribution is -0.142. The Balaban J connectivity index is 2.20. The molecule has 1 fully saturated rings. The Morgan fingerprint density at radius 3 is 2.47 bits per heavy atom. The van der Waals surface area contributed by atoms with Gasteiger partial charge in [0, 0.05) is 18.3 Å². The zero-order chi connectivity index (χ0) is 14.3. The Kier molecular flexibility index (Phi) is 6.79. The monoisotopic (exact) mass is 292 g/mol. The van der Waals surface area contributed by atoms with E-state index in [9.17, 15) is 9.59 Å². The second kappa shape index (κ2) is 8.11. The van der Waals surface area contributed by atoms with Gasteiger partial charge in [-0.05, 0) is 0 Å². The van der Waals surface area contributed by atoms with Crippen LogP contribution in [-0.4, -0.2) is 72.4 Å². The minimum absolute atomic E-state index is 0.0264. The largest absolute Gasteiger partial charge is 0.394 e. The van der Waals surface area contributed by atoms with E-state index in [1.165, 1.54) is 4.90 Å². The van der Waals surface area contributed by atoms with E-state index in [-0.39, 0.29) is 44.5 Å². The third-order valence-corrected chi connectivity index (χ3v) is 2.82. The van der Waals surface area contributed by atoms with Crippen molar-refractivity contribution < 1.29 is 24.2 Å². The number of hydrogen-bond acceptors (Lipinski definition) is 5. The molecule has 1 aliphatic heterocycles. The molecule has 0 aliphatic carbocycles. The van der Waals surface area contributed by atoms with Gasteiger partial charge in [-0.1, -0.05) is 6.58 Å². The van der Waals surface area contributed by atoms with E-state index in [1.807, 2.05) is 0 Å². The van der Waals surface area contributed by atoms with Gasteiger partial charge in [0.1, 0.15) is 12.2 Å². The van der Waals surface area contributed by atoms with Crippen molar-refractivity contribution in [3.63, 3.8) is 0 Å². The van der Waals surface area contributed by atoms with E-state index in [1.54, 1.807) is 0 Å². The third kappa shape index (κ3) is 4.79. The van der Waals surface area contributed by atoms with Gasteiger partial charge in [-0.2, -0.15) is 0 Å². The fourth-order valence-electron chi connectivity index (χ4n) is 1.46. The molecular weight excluding hydrogens is 276 g/mol. The van der Waals surface area contributed by atoms with Gasteiger partial charge >= 0.3 is 0 Å². The van der Waals surface area contributed by atoms with E-state index in [0.717, 1.165) is 4.42 Å². The van der Waals surface area contributed by atoms with Crippen molar-refractivity contribution in [3.8, 4) is 0 Å². The van der Waals surface area contributed by atoms with Gasteiger partial charge in [-0.3, -0.25) is 9.59 Å². The molecule has 0 atom stereocenters. The van der Waals surface area contributed by atoms with Gasteiger partial charge in [-0.25, -0.2) is 4.42 Å². The molecule has 0 bridgehead atoms. The molecule has 1 aliphatic rings. The smallest absolute Gasteiger partial charge is 0.271 e. The van der Waals surface area contributed by atoms with Gasteiger partial charge in [0.05, 0.1) is 33.0 Å². The molecule has 1 rings (SSSR count). The topological polar surface area (TPSA) is 79.3 Å². The highest BCUT2D eigenvalue weighted by molar-refractivity contribution is 6.27. The van der Waals surface area contributed by atoms with Crippen LogP contribution in [-0.2, 0) is 19.1 Å². The summed E-state index contributed by atoms with van der Waals surface area (Å²) in [6.45, 7) is 4.93. The van der Waals surface area contributed by atoms with Crippen LogP contribution in [0.3, 0.4) is 0 Å². The number of ether oxygens (including phenoxy) is 2. The van der Waals surface area contributed by atoms with Gasteiger partial charge in [0.15, 0.2) is 0 Å². The van der Waals surface area contributed by atoms with E-state index >= 15 is 0 Å². The number of halogens is 1. The third-order valence-electron chi connectivity index (χ3n) is 2.43. The predicted molar refractivity (Wildman–Crippen MR) is 67.1 cm³/mol. The highest BCUT2D eigenvalue weighted by Gasteiger charge is 2.32. The average molecular weight is 293 g/mol. The summed E-state index contributed by atoms with van der Waals surface area (Å²) in [5.41, 5.74) is -0.0517. The van der Waals surface area contributed by atoms with E-state index in [0.29, 0.717) is 13.2 Å². The number of carbonyl (C=O) groups excluding carboxylic acids is 2. The van der Waals surface area contributed by atoms with Gasteiger partial charge in [0.2, 0.25) is 0 Å². The minimum atomic E-state index is -0.391. The quantitative estimate of drug-likeness (QED) is 0.365. The highest BCUT2D eigenvalue weighted by Crippen LogP contribution is 2.16. The van der Waals surface area contributed by atoms with Crippen LogP contribution in [0.2, 0.25) is 0 Å². The van der Waals surface area contributed by atoms with Crippen molar-refractivity contribution in [1.82, 2.24) is 9.32 Å². The molecule has 108 valence electrons. The van der Waals surface area contributed by atoms with Crippen molar-refractivity contribution in [1.29, 1.82) is 0 Å². The number of rotatable bonds is 8. The zero-order valence-electron chi connectivity index (χ0n) is 10.5. The van der Waals surface area contributed by atoms with Crippen LogP contribution >= 0.6 is 11.8 Å². The fraction of sp³-hybridized carbons (Fsp3) is 0.636. The van der Waals surface area contributed by atoms with Crippen LogP contribution in [0, 0.1) is 0 Å². The van der Waals surface area contributed by atoms with Crippen LogP contribution in [0.25, 0.3) is 0 Å². The maximum Gasteiger partial charge on any atom is 0.271 e. The lowest BCUT2D eigenvalue weighted by Crippen LogP contribution is -2.49. The molecule has 0 aromatic rings. The summed E-state index contributed by atoms with van der Waals surface area (Å²) in [6, 6.07) is 0. The van der Waals surface area contributed by atoms with Crippen LogP contribution in [0.5, 0.6) is 0 Å². The second-order valence-corrected chi connectivity index (χ2v) is 4.13. The number of hydrogen-bond donors (Lipinski definition) is 1. The summed E-state index contributed by atoms with van der Waals surface area (Å²) < 4.78 is 11.0. The number of nitrogens with zero attached hydrogens (tertiary/aromatic N) is 2. The minimum Gasteiger partial charge on any atom is -0.394 e. The molecule has 1 N–H and O–H groups in total. The first-order valence-electron chi connectivity index (χ1n) is 5.81. The normalized spacial score (nSPS) is 16.4. The van der Waals surface area contributed by atoms with Crippen LogP contribution in [0.15, 0.2) is 12.3 Å². The first-order chi connectivity index (χ1) is 9.07. The standard InChI is InChI=1S/C11H17ClN2O5/c1-9-11(17)13(8-10(16)14(9)12)2-4-18-6-7-19-5-3-15/h15H,1-8H2. The Hall–Kier alpha value is -1.15. The molecule has 0 saturated carbocycles. The zero-order valence-corrected chi connectivity index (χ0v) is 11.3. The number of aliphatic hydroxyl groups excluding tert-OH is 1. The van der Waals surface area contributed by atoms with Gasteiger partial charge < -0.3 is 19.5 Å². The summed E-state index contributed by atoms with van der Waals surface area (Å²) in [7, 11) is 0. The van der Waals surface area contributed by atoms with Crippen molar-refractivity contribution in [3.05, 3.63) is 12.3 Å². The first-order valence-corrected chi connectivity index (χ1v) is 6.15. The molecule has 1 saturated heterocycles. The molecule has 2 amide bonds. The lowest BCUT2D eigenvalue weighted by Gasteiger charge is -2.31. The van der Waals surface area contributed by atoms with Crippen molar-refractivity contribution in [2.75, 3.05) is 46.1 Å². The molecule has 0 aromatic carbocycles. The van der Waals surface area contributed by atoms with Gasteiger partial charge in [0.25, 0.3) is 11.8 Å². The summed E-state index contributed by atoms with van der Waals surface area (Å²) in [4.78, 5) is 24.5. The first kappa shape index (κ1) is 15.9. The molecule has 0 unspecified atom stereocenters. The van der Waals surface area contributed by atoms with Gasteiger partial charge in [-0.15, -0.1) is 0 Å². The van der Waals surface area contributed by atoms with Crippen LogP contribution < -0.4 is 0 Å². The van der Waals surface area contributed by atoms with Crippen LogP contribution in [0.4, 0.5) is 0 Å². The molecule has 19 heavy (non-hydrogen) atoms. The molecule has 8 heteroatoms. The molecule has 0 aromatic heterocycles. The van der Waals surface area contributed by atoms with Crippen molar-refractivity contribution in [2.45, 2.75) is 0 Å². The molecule has 1 heterocycles. The molecule has 7 nitrogen and oxygen atoms in total. The SMILES string of the molecule is C=C1C(=O)N(CCOCCOCCO)CC(=O)N1Cl. The Labute approximate surface area is 116 Å². The second-order valence-electron chi connectivity index (χ2n) is 3.80. The summed E-state index contributed by atoms with van der Waals surface area (Å²) in [5, 5.41) is 8.47. The fourth-order valence-corrected chi connectivity index (χ4v) is 1.58. The Bertz CT molecular complexity index is 350. The predicted octanol–water partition coefficient (Wildman–Crippen LogP) is -0.650. The summed E-state index contributed by atoms with van der Waals surface area (Å²) in [6.07, 6.45) is 0. The summed E-state index contributed by atoms with van der Waals surface area (Å²) in [5.74, 6) is -0.771. The average Bonchev–Trinajstić information content (AvgIpc) is 2.41. The Morgan fingerprint density at radius 2 is 1.84 bits per heavy atom. The lowest BCUT2D eigenvalue weighted by atomic mass is 10.3. The van der Waals surface area contributed by atoms with Crippen molar-refractivity contribution >= 4 is 23.6 Å². The van der Waals surface area contributed by atoms with Crippen molar-refractivity contribution in [2.24, 2.45) is 0 Å². The summed E-state index contributed by atoms with van der Waals surface area (Å²) >= 11 is 5.58. The highest BCUT2D eigenvalue weighted by atomic mass is 35.5. The maximum atomic E-state index is 11.7. The number of aliphatic hydroxyl groups is 1. The maximum absolute atomic E-state index is 11.7. The molecule has 0 spiro atoms. The number of piperazine rings is 1. The van der Waals surface area contributed by atoms with Crippen LogP contribution in [0.1, 0.15) is 0 Å². The van der Waals surface area contributed by atoms with E-state index < -0.39 is 5.91 Å². The van der Waals surface area contributed by atoms with E-state index in [4.69, 9.17) is 26.4 Å². The molecular formula is C11H17ClN2O5. The Morgan fingerprint density at radius 1 is 1.21 bits per heavy atom. The number of amides is 2.